The quantitative estimate of drug-likeness (QED) is 0.708. The van der Waals surface area contributed by atoms with Crippen LogP contribution in [0.4, 0.5) is 13.2 Å². The number of nitrogens with one attached hydrogen (secondary N) is 1. The summed E-state index contributed by atoms with van der Waals surface area (Å²) in [7, 11) is 0. The molecule has 0 radical (unpaired) electrons. The van der Waals surface area contributed by atoms with Crippen molar-refractivity contribution in [1.29, 1.82) is 0 Å². The highest BCUT2D eigenvalue weighted by molar-refractivity contribution is 6.04. The molecule has 0 bridgehead atoms. The average molecular weight is 434 g/mol. The Morgan fingerprint density at radius 1 is 1.10 bits per heavy atom. The summed E-state index contributed by atoms with van der Waals surface area (Å²) >= 11 is 0. The Morgan fingerprint density at radius 3 is 2.48 bits per heavy atom. The maximum absolute atomic E-state index is 13.1. The van der Waals surface area contributed by atoms with E-state index in [0.717, 1.165) is 0 Å². The van der Waals surface area contributed by atoms with Gasteiger partial charge in [-0.1, -0.05) is 51.1 Å². The van der Waals surface area contributed by atoms with Gasteiger partial charge < -0.3 is 15.0 Å². The van der Waals surface area contributed by atoms with E-state index >= 15 is 0 Å². The first kappa shape index (κ1) is 22.7. The maximum Gasteiger partial charge on any atom is 0.573 e. The van der Waals surface area contributed by atoms with Gasteiger partial charge in [-0.25, -0.2) is 0 Å². The highest BCUT2D eigenvalue weighted by atomic mass is 19.4. The van der Waals surface area contributed by atoms with Gasteiger partial charge >= 0.3 is 6.36 Å². The van der Waals surface area contributed by atoms with Gasteiger partial charge in [0.25, 0.3) is 5.91 Å². The Balaban J connectivity index is 1.75. The molecule has 2 aromatic carbocycles. The van der Waals surface area contributed by atoms with Gasteiger partial charge in [-0.2, -0.15) is 0 Å². The zero-order chi connectivity index (χ0) is 22.8. The van der Waals surface area contributed by atoms with Crippen molar-refractivity contribution < 1.29 is 27.5 Å². The van der Waals surface area contributed by atoms with Crippen LogP contribution in [-0.4, -0.2) is 29.6 Å². The zero-order valence-electron chi connectivity index (χ0n) is 17.6. The van der Waals surface area contributed by atoms with E-state index in [4.69, 9.17) is 0 Å². The summed E-state index contributed by atoms with van der Waals surface area (Å²) in [6, 6.07) is 11.6. The van der Waals surface area contributed by atoms with Gasteiger partial charge in [-0.15, -0.1) is 13.2 Å². The summed E-state index contributed by atoms with van der Waals surface area (Å²) in [5.41, 5.74) is 1.56. The summed E-state index contributed by atoms with van der Waals surface area (Å²) in [4.78, 5) is 27.5. The van der Waals surface area contributed by atoms with Crippen LogP contribution in [0, 0.1) is 5.41 Å². The van der Waals surface area contributed by atoms with Crippen molar-refractivity contribution >= 4 is 11.8 Å². The van der Waals surface area contributed by atoms with E-state index in [1.54, 1.807) is 35.2 Å². The van der Waals surface area contributed by atoms with Crippen molar-refractivity contribution in [1.82, 2.24) is 10.2 Å². The molecule has 0 saturated heterocycles. The molecule has 0 fully saturated rings. The Hall–Kier alpha value is -3.03. The molecule has 1 aliphatic rings. The summed E-state index contributed by atoms with van der Waals surface area (Å²) < 4.78 is 41.2. The normalized spacial score (nSPS) is 16.3. The fraction of sp³-hybridized carbons (Fsp3) is 0.391. The van der Waals surface area contributed by atoms with Crippen LogP contribution in [0.2, 0.25) is 0 Å². The summed E-state index contributed by atoms with van der Waals surface area (Å²) in [6.07, 6.45) is -4.07. The monoisotopic (exact) mass is 434 g/mol. The van der Waals surface area contributed by atoms with E-state index in [0.29, 0.717) is 29.7 Å². The number of nitrogens with zero attached hydrogens (tertiary/aromatic N) is 1. The molecule has 1 atom stereocenters. The van der Waals surface area contributed by atoms with Crippen molar-refractivity contribution in [3.05, 3.63) is 65.2 Å². The van der Waals surface area contributed by atoms with Crippen molar-refractivity contribution in [2.24, 2.45) is 5.41 Å². The third-order valence-corrected chi connectivity index (χ3v) is 5.01. The molecule has 0 saturated carbocycles. The second-order valence-electron chi connectivity index (χ2n) is 8.71. The number of carbonyl (C=O) groups excluding carboxylic acids is 2. The minimum Gasteiger partial charge on any atom is -0.406 e. The van der Waals surface area contributed by atoms with Crippen LogP contribution in [-0.2, 0) is 11.3 Å². The van der Waals surface area contributed by atoms with Gasteiger partial charge in [-0.05, 0) is 41.2 Å². The Morgan fingerprint density at radius 2 is 1.81 bits per heavy atom. The molecule has 0 aliphatic carbocycles. The van der Waals surface area contributed by atoms with E-state index in [2.05, 4.69) is 30.8 Å². The Bertz CT molecular complexity index is 967. The third kappa shape index (κ3) is 5.77. The molecule has 166 valence electrons. The molecule has 3 rings (SSSR count). The van der Waals surface area contributed by atoms with Gasteiger partial charge in [0.15, 0.2) is 0 Å². The minimum absolute atomic E-state index is 0.00780. The van der Waals surface area contributed by atoms with Crippen LogP contribution < -0.4 is 10.1 Å². The fourth-order valence-corrected chi connectivity index (χ4v) is 3.48. The molecule has 1 unspecified atom stereocenters. The molecule has 5 nitrogen and oxygen atoms in total. The molecule has 1 heterocycles. The largest absolute Gasteiger partial charge is 0.573 e. The predicted molar refractivity (Wildman–Crippen MR) is 109 cm³/mol. The van der Waals surface area contributed by atoms with Gasteiger partial charge in [0.05, 0.1) is 0 Å². The standard InChI is InChI=1S/C23H25F3N2O3/c1-22(2,3)11-12-28-19(17-9-4-5-10-18(17)21(28)30)20(29)27-14-15-7-6-8-16(13-15)31-23(24,25)26/h4-10,13,19H,11-12,14H2,1-3H3,(H,27,29). The number of hydrogen-bond donors (Lipinski definition) is 1. The van der Waals surface area contributed by atoms with Crippen LogP contribution in [0.5, 0.6) is 5.75 Å². The first-order valence-corrected chi connectivity index (χ1v) is 9.97. The first-order chi connectivity index (χ1) is 14.4. The molecule has 31 heavy (non-hydrogen) atoms. The summed E-state index contributed by atoms with van der Waals surface area (Å²) in [5.74, 6) is -0.928. The first-order valence-electron chi connectivity index (χ1n) is 9.97. The smallest absolute Gasteiger partial charge is 0.406 e. The van der Waals surface area contributed by atoms with Gasteiger partial charge in [0.1, 0.15) is 11.8 Å². The minimum atomic E-state index is -4.79. The maximum atomic E-state index is 13.1. The molecule has 1 aliphatic heterocycles. The number of amides is 2. The van der Waals surface area contributed by atoms with Crippen LogP contribution in [0.3, 0.4) is 0 Å². The Labute approximate surface area is 179 Å². The third-order valence-electron chi connectivity index (χ3n) is 5.01. The fourth-order valence-electron chi connectivity index (χ4n) is 3.48. The average Bonchev–Trinajstić information content (AvgIpc) is 2.95. The van der Waals surface area contributed by atoms with Crippen LogP contribution >= 0.6 is 0 Å². The molecule has 8 heteroatoms. The van der Waals surface area contributed by atoms with Gasteiger partial charge in [0, 0.05) is 18.7 Å². The topological polar surface area (TPSA) is 58.6 Å². The molecule has 0 spiro atoms. The number of benzene rings is 2. The van der Waals surface area contributed by atoms with Gasteiger partial charge in [-0.3, -0.25) is 9.59 Å². The van der Waals surface area contributed by atoms with Crippen molar-refractivity contribution in [3.8, 4) is 5.75 Å². The van der Waals surface area contributed by atoms with Crippen LogP contribution in [0.1, 0.15) is 54.7 Å². The van der Waals surface area contributed by atoms with E-state index in [-0.39, 0.29) is 29.5 Å². The second kappa shape index (κ2) is 8.61. The summed E-state index contributed by atoms with van der Waals surface area (Å²) in [5, 5.41) is 2.75. The lowest BCUT2D eigenvalue weighted by Gasteiger charge is -2.28. The van der Waals surface area contributed by atoms with E-state index in [1.807, 2.05) is 0 Å². The second-order valence-corrected chi connectivity index (χ2v) is 8.71. The number of ether oxygens (including phenoxy) is 1. The number of rotatable bonds is 6. The molecule has 1 N–H and O–H groups in total. The molecule has 0 aromatic heterocycles. The molecular formula is C23H25F3N2O3. The molecule has 2 amide bonds. The van der Waals surface area contributed by atoms with Crippen molar-refractivity contribution in [2.75, 3.05) is 6.54 Å². The summed E-state index contributed by atoms with van der Waals surface area (Å²) in [6.45, 7) is 6.61. The lowest BCUT2D eigenvalue weighted by molar-refractivity contribution is -0.274. The zero-order valence-corrected chi connectivity index (χ0v) is 17.6. The molecular weight excluding hydrogens is 409 g/mol. The predicted octanol–water partition coefficient (Wildman–Crippen LogP) is 4.83. The highest BCUT2D eigenvalue weighted by Gasteiger charge is 2.40. The van der Waals surface area contributed by atoms with Crippen LogP contribution in [0.25, 0.3) is 0 Å². The lowest BCUT2D eigenvalue weighted by Crippen LogP contribution is -2.40. The lowest BCUT2D eigenvalue weighted by atomic mass is 9.92. The number of halogens is 3. The number of hydrogen-bond acceptors (Lipinski definition) is 3. The van der Waals surface area contributed by atoms with E-state index < -0.39 is 12.4 Å². The number of alkyl halides is 3. The highest BCUT2D eigenvalue weighted by Crippen LogP contribution is 2.35. The van der Waals surface area contributed by atoms with Gasteiger partial charge in [0.2, 0.25) is 5.91 Å². The van der Waals surface area contributed by atoms with E-state index in [9.17, 15) is 22.8 Å². The Kier molecular flexibility index (Phi) is 6.29. The molecule has 2 aromatic rings. The van der Waals surface area contributed by atoms with E-state index in [1.165, 1.54) is 18.2 Å². The number of carbonyl (C=O) groups is 2. The van der Waals surface area contributed by atoms with Crippen molar-refractivity contribution in [3.63, 3.8) is 0 Å². The SMILES string of the molecule is CC(C)(C)CCN1C(=O)c2ccccc2C1C(=O)NCc1cccc(OC(F)(F)F)c1. The van der Waals surface area contributed by atoms with Crippen LogP contribution in [0.15, 0.2) is 48.5 Å². The number of fused-ring (bicyclic) bond motifs is 1. The van der Waals surface area contributed by atoms with Crippen molar-refractivity contribution in [2.45, 2.75) is 46.1 Å².